The van der Waals surface area contributed by atoms with Crippen LogP contribution in [0, 0.1) is 23.3 Å². The maximum atomic E-state index is 13.6. The summed E-state index contributed by atoms with van der Waals surface area (Å²) in [4.78, 5) is 28.0. The van der Waals surface area contributed by atoms with Crippen LogP contribution in [0.1, 0.15) is 17.3 Å². The Morgan fingerprint density at radius 3 is 2.14 bits per heavy atom. The van der Waals surface area contributed by atoms with Gasteiger partial charge in [0, 0.05) is 11.8 Å². The van der Waals surface area contributed by atoms with Gasteiger partial charge in [0.1, 0.15) is 23.0 Å². The van der Waals surface area contributed by atoms with E-state index in [-0.39, 0.29) is 11.4 Å². The highest BCUT2D eigenvalue weighted by Crippen LogP contribution is 2.18. The number of ketones is 1. The number of halogens is 4. The predicted octanol–water partition coefficient (Wildman–Crippen LogP) is 2.89. The van der Waals surface area contributed by atoms with Gasteiger partial charge in [-0.2, -0.15) is 0 Å². The number of hydrogen-bond acceptors (Lipinski definition) is 5. The number of carbonyl (C=O) groups is 2. The van der Waals surface area contributed by atoms with Crippen LogP contribution in [0.4, 0.5) is 23.2 Å². The van der Waals surface area contributed by atoms with E-state index in [1.54, 1.807) is 0 Å². The minimum absolute atomic E-state index is 0.113. The van der Waals surface area contributed by atoms with Gasteiger partial charge >= 0.3 is 5.97 Å². The van der Waals surface area contributed by atoms with Gasteiger partial charge in [0.2, 0.25) is 5.78 Å². The van der Waals surface area contributed by atoms with Crippen LogP contribution < -0.4 is 11.5 Å². The van der Waals surface area contributed by atoms with Crippen LogP contribution in [0.15, 0.2) is 52.7 Å². The smallest absolute Gasteiger partial charge is 0.344 e. The summed E-state index contributed by atoms with van der Waals surface area (Å²) >= 11 is 0. The molecule has 0 aliphatic rings. The van der Waals surface area contributed by atoms with E-state index in [9.17, 15) is 27.2 Å². The van der Waals surface area contributed by atoms with Crippen LogP contribution in [-0.4, -0.2) is 24.2 Å². The van der Waals surface area contributed by atoms with Crippen molar-refractivity contribution < 1.29 is 31.9 Å². The molecule has 0 aliphatic heterocycles. The van der Waals surface area contributed by atoms with E-state index in [1.165, 1.54) is 6.92 Å². The van der Waals surface area contributed by atoms with Crippen LogP contribution in [0.5, 0.6) is 0 Å². The summed E-state index contributed by atoms with van der Waals surface area (Å²) in [5.74, 6) is -7.34. The second kappa shape index (κ2) is 9.00. The van der Waals surface area contributed by atoms with E-state index in [1.807, 2.05) is 0 Å². The first-order valence-corrected chi connectivity index (χ1v) is 8.02. The number of allylic oxidation sites excluding steroid dienone is 1. The van der Waals surface area contributed by atoms with Crippen molar-refractivity contribution in [1.82, 2.24) is 0 Å². The molecule has 0 bridgehead atoms. The first kappa shape index (κ1) is 21.6. The van der Waals surface area contributed by atoms with Crippen LogP contribution in [0.3, 0.4) is 0 Å². The highest BCUT2D eigenvalue weighted by molar-refractivity contribution is 6.19. The first-order valence-electron chi connectivity index (χ1n) is 8.02. The van der Waals surface area contributed by atoms with E-state index in [0.29, 0.717) is 0 Å². The number of aliphatic imine (C=N–C) groups is 1. The van der Waals surface area contributed by atoms with Gasteiger partial charge in [0.05, 0.1) is 11.3 Å². The van der Waals surface area contributed by atoms with Gasteiger partial charge in [-0.15, -0.1) is 0 Å². The van der Waals surface area contributed by atoms with Crippen molar-refractivity contribution in [3.05, 3.63) is 76.5 Å². The number of ether oxygens (including phenoxy) is 1. The Hall–Kier alpha value is -3.69. The fourth-order valence-corrected chi connectivity index (χ4v) is 2.26. The van der Waals surface area contributed by atoms with Gasteiger partial charge in [0.15, 0.2) is 18.2 Å². The second-order valence-corrected chi connectivity index (χ2v) is 5.75. The van der Waals surface area contributed by atoms with Crippen molar-refractivity contribution in [2.45, 2.75) is 6.92 Å². The quantitative estimate of drug-likeness (QED) is 0.191. The lowest BCUT2D eigenvalue weighted by molar-refractivity contribution is -0.137. The fraction of sp³-hybridized carbons (Fsp3) is 0.105. The highest BCUT2D eigenvalue weighted by atomic mass is 19.2. The zero-order valence-corrected chi connectivity index (χ0v) is 15.0. The molecule has 29 heavy (non-hydrogen) atoms. The average Bonchev–Trinajstić information content (AvgIpc) is 2.62. The molecule has 2 rings (SSSR count). The number of hydrogen-bond donors (Lipinski definition) is 2. The van der Waals surface area contributed by atoms with Crippen molar-refractivity contribution in [3.8, 4) is 0 Å². The molecule has 4 N–H and O–H groups in total. The lowest BCUT2D eigenvalue weighted by Gasteiger charge is -2.10. The van der Waals surface area contributed by atoms with E-state index < -0.39 is 58.6 Å². The number of benzene rings is 2. The number of Topliss-reactive ketones (excluding diaryl/α,β-unsaturated/α-hetero) is 1. The molecule has 0 saturated carbocycles. The Bertz CT molecular complexity index is 1010. The average molecular weight is 409 g/mol. The lowest BCUT2D eigenvalue weighted by atomic mass is 10.1. The third kappa shape index (κ3) is 5.18. The summed E-state index contributed by atoms with van der Waals surface area (Å²) in [6, 6.07) is 5.47. The number of rotatable bonds is 6. The molecule has 0 fully saturated rings. The van der Waals surface area contributed by atoms with Gasteiger partial charge in [0.25, 0.3) is 0 Å². The third-order valence-electron chi connectivity index (χ3n) is 3.58. The molecule has 6 nitrogen and oxygen atoms in total. The number of carbonyl (C=O) groups excluding carboxylic acids is 2. The summed E-state index contributed by atoms with van der Waals surface area (Å²) in [5, 5.41) is 0. The van der Waals surface area contributed by atoms with Crippen molar-refractivity contribution >= 4 is 23.3 Å². The van der Waals surface area contributed by atoms with Crippen LogP contribution >= 0.6 is 0 Å². The topological polar surface area (TPSA) is 108 Å². The maximum Gasteiger partial charge on any atom is 0.344 e. The number of esters is 1. The molecule has 0 heterocycles. The largest absolute Gasteiger partial charge is 0.454 e. The van der Waals surface area contributed by atoms with E-state index >= 15 is 0 Å². The van der Waals surface area contributed by atoms with Gasteiger partial charge in [-0.05, 0) is 31.2 Å². The fourth-order valence-electron chi connectivity index (χ4n) is 2.26. The normalized spacial score (nSPS) is 12.4. The molecule has 0 amide bonds. The predicted molar refractivity (Wildman–Crippen MR) is 96.2 cm³/mol. The second-order valence-electron chi connectivity index (χ2n) is 5.75. The summed E-state index contributed by atoms with van der Waals surface area (Å²) in [6.07, 6.45) is 0. The molecule has 0 unspecified atom stereocenters. The zero-order chi connectivity index (χ0) is 21.7. The minimum atomic E-state index is -1.20. The zero-order valence-electron chi connectivity index (χ0n) is 15.0. The summed E-state index contributed by atoms with van der Waals surface area (Å²) < 4.78 is 58.2. The SMILES string of the molecule is CC(N)=C(C(=O)OCC(=O)c1c(F)cccc1F)C(N)=Nc1ccc(F)c(F)c1. The summed E-state index contributed by atoms with van der Waals surface area (Å²) in [5.41, 5.74) is 9.71. The molecule has 0 aliphatic carbocycles. The third-order valence-corrected chi connectivity index (χ3v) is 3.58. The number of nitrogens with two attached hydrogens (primary N) is 2. The number of nitrogens with zero attached hydrogens (tertiary/aromatic N) is 1. The Morgan fingerprint density at radius 1 is 0.966 bits per heavy atom. The van der Waals surface area contributed by atoms with Gasteiger partial charge in [-0.3, -0.25) is 4.79 Å². The molecule has 0 spiro atoms. The molecule has 2 aromatic carbocycles. The Kier molecular flexibility index (Phi) is 6.71. The van der Waals surface area contributed by atoms with E-state index in [4.69, 9.17) is 16.2 Å². The molecule has 0 atom stereocenters. The standard InChI is InChI=1S/C19H15F4N3O3/c1-9(24)16(18(25)26-10-5-6-11(20)14(23)7-10)19(28)29-8-15(27)17-12(21)3-2-4-13(17)22/h2-7H,8,24H2,1H3,(H2,25,26). The van der Waals surface area contributed by atoms with Crippen molar-refractivity contribution in [2.24, 2.45) is 16.5 Å². The molecular formula is C19H15F4N3O3. The van der Waals surface area contributed by atoms with Gasteiger partial charge < -0.3 is 16.2 Å². The Labute approximate surface area is 162 Å². The maximum absolute atomic E-state index is 13.6. The van der Waals surface area contributed by atoms with Crippen molar-refractivity contribution in [1.29, 1.82) is 0 Å². The van der Waals surface area contributed by atoms with Crippen LogP contribution in [-0.2, 0) is 9.53 Å². The molecule has 2 aromatic rings. The van der Waals surface area contributed by atoms with Crippen LogP contribution in [0.2, 0.25) is 0 Å². The monoisotopic (exact) mass is 409 g/mol. The molecule has 0 radical (unpaired) electrons. The van der Waals surface area contributed by atoms with Gasteiger partial charge in [-0.1, -0.05) is 6.07 Å². The first-order chi connectivity index (χ1) is 13.6. The molecule has 10 heteroatoms. The van der Waals surface area contributed by atoms with Crippen LogP contribution in [0.25, 0.3) is 0 Å². The summed E-state index contributed by atoms with van der Waals surface area (Å²) in [7, 11) is 0. The Morgan fingerprint density at radius 2 is 1.59 bits per heavy atom. The van der Waals surface area contributed by atoms with Crippen molar-refractivity contribution in [2.75, 3.05) is 6.61 Å². The molecule has 0 aromatic heterocycles. The Balaban J connectivity index is 2.19. The minimum Gasteiger partial charge on any atom is -0.454 e. The number of amidine groups is 1. The van der Waals surface area contributed by atoms with Crippen molar-refractivity contribution in [3.63, 3.8) is 0 Å². The highest BCUT2D eigenvalue weighted by Gasteiger charge is 2.22. The summed E-state index contributed by atoms with van der Waals surface area (Å²) in [6.45, 7) is 0.286. The molecular weight excluding hydrogens is 394 g/mol. The van der Waals surface area contributed by atoms with E-state index in [2.05, 4.69) is 4.99 Å². The van der Waals surface area contributed by atoms with E-state index in [0.717, 1.165) is 36.4 Å². The lowest BCUT2D eigenvalue weighted by Crippen LogP contribution is -2.27. The molecule has 152 valence electrons. The molecule has 0 saturated heterocycles. The van der Waals surface area contributed by atoms with Gasteiger partial charge in [-0.25, -0.2) is 27.3 Å².